The summed E-state index contributed by atoms with van der Waals surface area (Å²) in [6.07, 6.45) is 1.53. The van der Waals surface area contributed by atoms with Crippen molar-refractivity contribution in [1.82, 2.24) is 14.8 Å². The summed E-state index contributed by atoms with van der Waals surface area (Å²) in [5.74, 6) is 0.0711. The second kappa shape index (κ2) is 7.39. The fraction of sp³-hybridized carbons (Fsp3) is 0.333. The molecule has 3 aromatic rings. The first-order valence-corrected chi connectivity index (χ1v) is 10.6. The molecule has 0 atom stereocenters. The monoisotopic (exact) mass is 398 g/mol. The topological polar surface area (TPSA) is 76.9 Å². The molecule has 0 saturated carbocycles. The molecule has 0 fully saturated rings. The summed E-state index contributed by atoms with van der Waals surface area (Å²) >= 11 is 0. The van der Waals surface area contributed by atoms with Gasteiger partial charge in [0.05, 0.1) is 11.4 Å². The van der Waals surface area contributed by atoms with Gasteiger partial charge in [-0.25, -0.2) is 17.8 Å². The van der Waals surface area contributed by atoms with Crippen LogP contribution in [0, 0.1) is 41.5 Å². The predicted molar refractivity (Wildman–Crippen MR) is 111 cm³/mol. The van der Waals surface area contributed by atoms with Crippen LogP contribution in [0.25, 0.3) is 0 Å². The molecular formula is C21H26N4O2S. The number of nitrogens with one attached hydrogen (secondary N) is 1. The van der Waals surface area contributed by atoms with Crippen LogP contribution in [-0.4, -0.2) is 23.2 Å². The number of hydrogen-bond donors (Lipinski definition) is 1. The molecule has 7 heteroatoms. The fourth-order valence-electron chi connectivity index (χ4n) is 3.34. The van der Waals surface area contributed by atoms with Gasteiger partial charge in [-0.3, -0.25) is 0 Å². The van der Waals surface area contributed by atoms with Gasteiger partial charge in [0.1, 0.15) is 6.33 Å². The van der Waals surface area contributed by atoms with Crippen molar-refractivity contribution in [3.63, 3.8) is 0 Å². The summed E-state index contributed by atoms with van der Waals surface area (Å²) in [4.78, 5) is 4.43. The first-order valence-electron chi connectivity index (χ1n) is 9.15. The molecule has 0 aliphatic carbocycles. The van der Waals surface area contributed by atoms with Gasteiger partial charge in [0, 0.05) is 0 Å². The smallest absolute Gasteiger partial charge is 0.246 e. The van der Waals surface area contributed by atoms with Crippen LogP contribution >= 0.6 is 0 Å². The molecule has 0 aliphatic heterocycles. The number of sulfonamides is 1. The van der Waals surface area contributed by atoms with Crippen molar-refractivity contribution in [2.45, 2.75) is 53.0 Å². The Kier molecular flexibility index (Phi) is 5.30. The minimum atomic E-state index is -3.79. The molecule has 1 heterocycles. The van der Waals surface area contributed by atoms with Crippen molar-refractivity contribution < 1.29 is 8.42 Å². The zero-order chi connectivity index (χ0) is 20.6. The van der Waals surface area contributed by atoms with E-state index in [2.05, 4.69) is 14.8 Å². The van der Waals surface area contributed by atoms with E-state index >= 15 is 0 Å². The number of nitrogens with zero attached hydrogens (tertiary/aromatic N) is 3. The molecule has 1 N–H and O–H groups in total. The average Bonchev–Trinajstić information content (AvgIpc) is 3.06. The van der Waals surface area contributed by atoms with Crippen molar-refractivity contribution in [1.29, 1.82) is 0 Å². The van der Waals surface area contributed by atoms with E-state index in [1.165, 1.54) is 11.9 Å². The number of benzene rings is 2. The first kappa shape index (κ1) is 20.1. The molecule has 0 spiro atoms. The molecular weight excluding hydrogens is 372 g/mol. The van der Waals surface area contributed by atoms with Crippen LogP contribution in [0.15, 0.2) is 35.5 Å². The highest BCUT2D eigenvalue weighted by atomic mass is 32.2. The minimum Gasteiger partial charge on any atom is -0.246 e. The standard InChI is InChI=1S/C21H26N4O2S/c1-13-7-9-19(10-8-13)11-25-12-22-21(23-25)24-28(26,27)20-17(5)15(3)14(2)16(4)18(20)6/h7-10,12H,11H2,1-6H3,(H,23,24). The quantitative estimate of drug-likeness (QED) is 0.705. The third-order valence-corrected chi connectivity index (χ3v) is 7.03. The van der Waals surface area contributed by atoms with Crippen LogP contribution in [0.1, 0.15) is 38.9 Å². The molecule has 1 aromatic heterocycles. The van der Waals surface area contributed by atoms with E-state index < -0.39 is 10.0 Å². The van der Waals surface area contributed by atoms with Gasteiger partial charge < -0.3 is 0 Å². The number of aromatic nitrogens is 3. The number of anilines is 1. The summed E-state index contributed by atoms with van der Waals surface area (Å²) in [7, 11) is -3.79. The maximum atomic E-state index is 13.1. The molecule has 0 bridgehead atoms. The number of rotatable bonds is 5. The molecule has 0 radical (unpaired) electrons. The van der Waals surface area contributed by atoms with Gasteiger partial charge in [0.15, 0.2) is 0 Å². The lowest BCUT2D eigenvalue weighted by Crippen LogP contribution is -2.18. The lowest BCUT2D eigenvalue weighted by atomic mass is 9.95. The van der Waals surface area contributed by atoms with Gasteiger partial charge in [0.2, 0.25) is 0 Å². The second-order valence-corrected chi connectivity index (χ2v) is 8.93. The van der Waals surface area contributed by atoms with E-state index in [1.54, 1.807) is 4.68 Å². The summed E-state index contributed by atoms with van der Waals surface area (Å²) in [6, 6.07) is 8.10. The maximum Gasteiger partial charge on any atom is 0.264 e. The average molecular weight is 399 g/mol. The Labute approximate surface area is 166 Å². The molecule has 0 amide bonds. The number of aryl methyl sites for hydroxylation is 1. The van der Waals surface area contributed by atoms with Crippen LogP contribution in [0.5, 0.6) is 0 Å². The summed E-state index contributed by atoms with van der Waals surface area (Å²) < 4.78 is 30.3. The molecule has 28 heavy (non-hydrogen) atoms. The lowest BCUT2D eigenvalue weighted by Gasteiger charge is -2.18. The van der Waals surface area contributed by atoms with Crippen LogP contribution in [0.3, 0.4) is 0 Å². The maximum absolute atomic E-state index is 13.1. The SMILES string of the molecule is Cc1ccc(Cn2cnc(NS(=O)(=O)c3c(C)c(C)c(C)c(C)c3C)n2)cc1. The molecule has 3 rings (SSSR count). The van der Waals surface area contributed by atoms with Gasteiger partial charge in [0.25, 0.3) is 16.0 Å². The minimum absolute atomic E-state index is 0.0711. The van der Waals surface area contributed by atoms with Gasteiger partial charge in [-0.2, -0.15) is 4.98 Å². The Morgan fingerprint density at radius 3 is 1.96 bits per heavy atom. The van der Waals surface area contributed by atoms with Gasteiger partial charge >= 0.3 is 0 Å². The van der Waals surface area contributed by atoms with E-state index in [4.69, 9.17) is 0 Å². The second-order valence-electron chi connectivity index (χ2n) is 7.31. The van der Waals surface area contributed by atoms with Crippen molar-refractivity contribution in [2.24, 2.45) is 0 Å². The Bertz CT molecular complexity index is 1100. The predicted octanol–water partition coefficient (Wildman–Crippen LogP) is 3.98. The van der Waals surface area contributed by atoms with Crippen molar-refractivity contribution in [3.8, 4) is 0 Å². The lowest BCUT2D eigenvalue weighted by molar-refractivity contribution is 0.599. The Morgan fingerprint density at radius 2 is 1.39 bits per heavy atom. The Hall–Kier alpha value is -2.67. The van der Waals surface area contributed by atoms with E-state index in [9.17, 15) is 8.42 Å². The summed E-state index contributed by atoms with van der Waals surface area (Å²) in [5, 5.41) is 4.28. The van der Waals surface area contributed by atoms with Crippen molar-refractivity contribution in [3.05, 3.63) is 69.5 Å². The largest absolute Gasteiger partial charge is 0.264 e. The molecule has 6 nitrogen and oxygen atoms in total. The van der Waals surface area contributed by atoms with E-state index in [0.29, 0.717) is 11.4 Å². The highest BCUT2D eigenvalue weighted by Gasteiger charge is 2.24. The highest BCUT2D eigenvalue weighted by Crippen LogP contribution is 2.30. The molecule has 0 unspecified atom stereocenters. The molecule has 2 aromatic carbocycles. The van der Waals surface area contributed by atoms with Crippen LogP contribution in [-0.2, 0) is 16.6 Å². The third kappa shape index (κ3) is 3.80. The van der Waals surface area contributed by atoms with Crippen LogP contribution in [0.2, 0.25) is 0 Å². The first-order chi connectivity index (χ1) is 13.1. The van der Waals surface area contributed by atoms with Crippen LogP contribution < -0.4 is 4.72 Å². The molecule has 0 aliphatic rings. The fourth-order valence-corrected chi connectivity index (χ4v) is 4.89. The van der Waals surface area contributed by atoms with Crippen LogP contribution in [0.4, 0.5) is 5.95 Å². The summed E-state index contributed by atoms with van der Waals surface area (Å²) in [5.41, 5.74) is 6.86. The van der Waals surface area contributed by atoms with Gasteiger partial charge in [-0.05, 0) is 74.9 Å². The van der Waals surface area contributed by atoms with Gasteiger partial charge in [-0.15, -0.1) is 5.10 Å². The van der Waals surface area contributed by atoms with Crippen molar-refractivity contribution >= 4 is 16.0 Å². The highest BCUT2D eigenvalue weighted by molar-refractivity contribution is 7.92. The number of hydrogen-bond acceptors (Lipinski definition) is 4. The zero-order valence-corrected chi connectivity index (χ0v) is 18.0. The van der Waals surface area contributed by atoms with Crippen molar-refractivity contribution in [2.75, 3.05) is 4.72 Å². The molecule has 148 valence electrons. The molecule has 0 saturated heterocycles. The Balaban J connectivity index is 1.88. The van der Waals surface area contributed by atoms with E-state index in [-0.39, 0.29) is 5.95 Å². The summed E-state index contributed by atoms with van der Waals surface area (Å²) in [6.45, 7) is 12.2. The normalized spacial score (nSPS) is 11.6. The Morgan fingerprint density at radius 1 is 0.857 bits per heavy atom. The third-order valence-electron chi connectivity index (χ3n) is 5.43. The van der Waals surface area contributed by atoms with Gasteiger partial charge in [-0.1, -0.05) is 29.8 Å². The van der Waals surface area contributed by atoms with E-state index in [1.807, 2.05) is 65.8 Å². The van der Waals surface area contributed by atoms with E-state index in [0.717, 1.165) is 33.4 Å². The zero-order valence-electron chi connectivity index (χ0n) is 17.2.